The molecule has 1 amide bonds. The van der Waals surface area contributed by atoms with Crippen LogP contribution >= 0.6 is 11.6 Å². The van der Waals surface area contributed by atoms with Gasteiger partial charge in [-0.25, -0.2) is 16.8 Å². The first-order valence-electron chi connectivity index (χ1n) is 10.2. The number of rotatable bonds is 8. The van der Waals surface area contributed by atoms with Crippen molar-refractivity contribution in [2.75, 3.05) is 36.1 Å². The standard InChI is InChI=1S/C21H26ClN3O6S2/c1-15(25(32(3,27)28)17-8-6-16(22)7-9-17)21(26)23-19-14-18(10-11-20(19)31-2)33(29,30)24-12-4-5-13-24/h6-11,14-15H,4-5,12-13H2,1-3H3,(H,23,26)/t15-/m0/s1. The zero-order valence-electron chi connectivity index (χ0n) is 18.5. The van der Waals surface area contributed by atoms with Crippen LogP contribution in [0.5, 0.6) is 5.75 Å². The van der Waals surface area contributed by atoms with E-state index < -0.39 is 32.0 Å². The molecule has 0 saturated carbocycles. The molecule has 1 heterocycles. The van der Waals surface area contributed by atoms with E-state index in [0.717, 1.165) is 23.4 Å². The fourth-order valence-corrected chi connectivity index (χ4v) is 6.50. The molecule has 1 aliphatic rings. The summed E-state index contributed by atoms with van der Waals surface area (Å²) in [5.41, 5.74) is 0.390. The number of nitrogens with one attached hydrogen (secondary N) is 1. The Bertz CT molecular complexity index is 1230. The second-order valence-electron chi connectivity index (χ2n) is 7.67. The van der Waals surface area contributed by atoms with Crippen molar-refractivity contribution in [3.05, 3.63) is 47.5 Å². The second kappa shape index (κ2) is 9.88. The van der Waals surface area contributed by atoms with Crippen LogP contribution in [-0.2, 0) is 24.8 Å². The first-order valence-corrected chi connectivity index (χ1v) is 13.9. The molecule has 0 unspecified atom stereocenters. The summed E-state index contributed by atoms with van der Waals surface area (Å²) in [5.74, 6) is -0.419. The number of anilines is 2. The second-order valence-corrected chi connectivity index (χ2v) is 11.9. The molecule has 1 fully saturated rings. The van der Waals surface area contributed by atoms with Gasteiger partial charge in [0.05, 0.1) is 29.6 Å². The molecule has 180 valence electrons. The Hall–Kier alpha value is -2.34. The van der Waals surface area contributed by atoms with Crippen molar-refractivity contribution < 1.29 is 26.4 Å². The molecular weight excluding hydrogens is 490 g/mol. The highest BCUT2D eigenvalue weighted by atomic mass is 35.5. The number of nitrogens with zero attached hydrogens (tertiary/aromatic N) is 2. The maximum absolute atomic E-state index is 13.1. The quantitative estimate of drug-likeness (QED) is 0.578. The lowest BCUT2D eigenvalue weighted by Crippen LogP contribution is -2.45. The van der Waals surface area contributed by atoms with E-state index in [9.17, 15) is 21.6 Å². The van der Waals surface area contributed by atoms with Gasteiger partial charge in [-0.05, 0) is 62.2 Å². The lowest BCUT2D eigenvalue weighted by molar-refractivity contribution is -0.116. The average molecular weight is 516 g/mol. The maximum Gasteiger partial charge on any atom is 0.248 e. The number of carbonyl (C=O) groups is 1. The van der Waals surface area contributed by atoms with Crippen molar-refractivity contribution >= 4 is 48.9 Å². The third-order valence-corrected chi connectivity index (χ3v) is 8.69. The molecule has 1 atom stereocenters. The van der Waals surface area contributed by atoms with E-state index in [1.54, 1.807) is 0 Å². The predicted molar refractivity (Wildman–Crippen MR) is 128 cm³/mol. The Morgan fingerprint density at radius 3 is 2.24 bits per heavy atom. The van der Waals surface area contributed by atoms with Crippen molar-refractivity contribution in [2.45, 2.75) is 30.7 Å². The van der Waals surface area contributed by atoms with Gasteiger partial charge < -0.3 is 10.1 Å². The fourth-order valence-electron chi connectivity index (χ4n) is 3.66. The smallest absolute Gasteiger partial charge is 0.248 e. The molecule has 0 radical (unpaired) electrons. The van der Waals surface area contributed by atoms with E-state index in [2.05, 4.69) is 5.32 Å². The summed E-state index contributed by atoms with van der Waals surface area (Å²) >= 11 is 5.90. The molecule has 1 aliphatic heterocycles. The number of carbonyl (C=O) groups excluding carboxylic acids is 1. The van der Waals surface area contributed by atoms with Crippen LogP contribution in [0.4, 0.5) is 11.4 Å². The number of amides is 1. The van der Waals surface area contributed by atoms with E-state index in [1.165, 1.54) is 60.8 Å². The van der Waals surface area contributed by atoms with Gasteiger partial charge in [-0.1, -0.05) is 11.6 Å². The molecule has 0 bridgehead atoms. The number of hydrogen-bond donors (Lipinski definition) is 1. The third-order valence-electron chi connectivity index (χ3n) is 5.30. The van der Waals surface area contributed by atoms with Crippen molar-refractivity contribution in [1.82, 2.24) is 4.31 Å². The molecule has 0 aromatic heterocycles. The predicted octanol–water partition coefficient (Wildman–Crippen LogP) is 2.93. The van der Waals surface area contributed by atoms with Crippen LogP contribution in [0.2, 0.25) is 5.02 Å². The molecule has 3 rings (SSSR count). The molecule has 0 aliphatic carbocycles. The van der Waals surface area contributed by atoms with Gasteiger partial charge in [0.2, 0.25) is 26.0 Å². The summed E-state index contributed by atoms with van der Waals surface area (Å²) in [6.45, 7) is 2.32. The number of ether oxygens (including phenoxy) is 1. The summed E-state index contributed by atoms with van der Waals surface area (Å²) in [4.78, 5) is 13.1. The molecule has 2 aromatic carbocycles. The van der Waals surface area contributed by atoms with Crippen molar-refractivity contribution in [1.29, 1.82) is 0 Å². The first-order chi connectivity index (χ1) is 15.4. The highest BCUT2D eigenvalue weighted by Gasteiger charge is 2.31. The molecular formula is C21H26ClN3O6S2. The van der Waals surface area contributed by atoms with E-state index >= 15 is 0 Å². The summed E-state index contributed by atoms with van der Waals surface area (Å²) in [6, 6.07) is 9.09. The van der Waals surface area contributed by atoms with Crippen molar-refractivity contribution in [3.8, 4) is 5.75 Å². The summed E-state index contributed by atoms with van der Waals surface area (Å²) in [7, 11) is -6.16. The minimum absolute atomic E-state index is 0.0193. The van der Waals surface area contributed by atoms with Crippen LogP contribution in [0, 0.1) is 0 Å². The van der Waals surface area contributed by atoms with Gasteiger partial charge in [0.15, 0.2) is 0 Å². The summed E-state index contributed by atoms with van der Waals surface area (Å²) in [5, 5.41) is 3.04. The van der Waals surface area contributed by atoms with Gasteiger partial charge in [-0.15, -0.1) is 0 Å². The van der Waals surface area contributed by atoms with E-state index in [1.807, 2.05) is 0 Å². The Kier molecular flexibility index (Phi) is 7.57. The molecule has 12 heteroatoms. The van der Waals surface area contributed by atoms with Crippen molar-refractivity contribution in [2.24, 2.45) is 0 Å². The monoisotopic (exact) mass is 515 g/mol. The average Bonchev–Trinajstić information content (AvgIpc) is 3.30. The number of benzene rings is 2. The Morgan fingerprint density at radius 2 is 1.70 bits per heavy atom. The molecule has 0 spiro atoms. The lowest BCUT2D eigenvalue weighted by atomic mass is 10.2. The third kappa shape index (κ3) is 5.60. The van der Waals surface area contributed by atoms with Crippen LogP contribution in [0.1, 0.15) is 19.8 Å². The lowest BCUT2D eigenvalue weighted by Gasteiger charge is -2.28. The number of sulfonamides is 2. The van der Waals surface area contributed by atoms with Crippen molar-refractivity contribution in [3.63, 3.8) is 0 Å². The zero-order valence-corrected chi connectivity index (χ0v) is 20.9. The Morgan fingerprint density at radius 1 is 1.09 bits per heavy atom. The zero-order chi connectivity index (χ0) is 24.4. The molecule has 9 nitrogen and oxygen atoms in total. The highest BCUT2D eigenvalue weighted by molar-refractivity contribution is 7.92. The van der Waals surface area contributed by atoms with Gasteiger partial charge in [-0.3, -0.25) is 9.10 Å². The van der Waals surface area contributed by atoms with Gasteiger partial charge in [0.25, 0.3) is 0 Å². The van der Waals surface area contributed by atoms with E-state index in [4.69, 9.17) is 16.3 Å². The number of halogens is 1. The number of methoxy groups -OCH3 is 1. The minimum atomic E-state index is -3.83. The van der Waals surface area contributed by atoms with E-state index in [0.29, 0.717) is 18.1 Å². The Labute approximate surface area is 199 Å². The van der Waals surface area contributed by atoms with Crippen LogP contribution < -0.4 is 14.4 Å². The van der Waals surface area contributed by atoms with Gasteiger partial charge in [0.1, 0.15) is 11.8 Å². The normalized spacial score (nSPS) is 15.8. The van der Waals surface area contributed by atoms with Crippen LogP contribution in [0.15, 0.2) is 47.4 Å². The SMILES string of the molecule is COc1ccc(S(=O)(=O)N2CCCC2)cc1NC(=O)[C@H](C)N(c1ccc(Cl)cc1)S(C)(=O)=O. The van der Waals surface area contributed by atoms with E-state index in [-0.39, 0.29) is 22.0 Å². The molecule has 1 saturated heterocycles. The maximum atomic E-state index is 13.1. The fraction of sp³-hybridized carbons (Fsp3) is 0.381. The summed E-state index contributed by atoms with van der Waals surface area (Å²) < 4.78 is 58.5. The minimum Gasteiger partial charge on any atom is -0.495 e. The topological polar surface area (TPSA) is 113 Å². The van der Waals surface area contributed by atoms with Crippen LogP contribution in [0.25, 0.3) is 0 Å². The molecule has 2 aromatic rings. The Balaban J connectivity index is 1.92. The largest absolute Gasteiger partial charge is 0.495 e. The van der Waals surface area contributed by atoms with Crippen LogP contribution in [0.3, 0.4) is 0 Å². The number of hydrogen-bond acceptors (Lipinski definition) is 6. The molecule has 1 N–H and O–H groups in total. The van der Waals surface area contributed by atoms with Crippen LogP contribution in [-0.4, -0.2) is 59.5 Å². The summed E-state index contributed by atoms with van der Waals surface area (Å²) in [6.07, 6.45) is 2.58. The first kappa shape index (κ1) is 25.3. The molecule has 33 heavy (non-hydrogen) atoms. The highest BCUT2D eigenvalue weighted by Crippen LogP contribution is 2.31. The van der Waals surface area contributed by atoms with Gasteiger partial charge in [-0.2, -0.15) is 4.31 Å². The van der Waals surface area contributed by atoms with Gasteiger partial charge in [0, 0.05) is 18.1 Å². The van der Waals surface area contributed by atoms with Gasteiger partial charge >= 0.3 is 0 Å².